The van der Waals surface area contributed by atoms with Crippen LogP contribution in [0, 0.1) is 0 Å². The number of amides is 1. The number of hydrogen-bond acceptors (Lipinski definition) is 4. The second kappa shape index (κ2) is 6.48. The third kappa shape index (κ3) is 3.16. The van der Waals surface area contributed by atoms with Gasteiger partial charge in [-0.15, -0.1) is 0 Å². The zero-order chi connectivity index (χ0) is 18.1. The molecule has 0 spiro atoms. The monoisotopic (exact) mass is 355 g/mol. The number of benzene rings is 1. The van der Waals surface area contributed by atoms with Crippen LogP contribution in [-0.2, 0) is 4.79 Å². The van der Waals surface area contributed by atoms with E-state index in [9.17, 15) is 9.59 Å². The van der Waals surface area contributed by atoms with Crippen molar-refractivity contribution in [2.45, 2.75) is 37.3 Å². The summed E-state index contributed by atoms with van der Waals surface area (Å²) in [5, 5.41) is 13.2. The molecule has 0 radical (unpaired) electrons. The van der Waals surface area contributed by atoms with Crippen LogP contribution in [0.25, 0.3) is 0 Å². The van der Waals surface area contributed by atoms with Crippen LogP contribution >= 0.6 is 0 Å². The van der Waals surface area contributed by atoms with E-state index in [2.05, 4.69) is 5.10 Å². The number of nitrogens with zero attached hydrogens (tertiary/aromatic N) is 3. The molecule has 4 rings (SSSR count). The average molecular weight is 355 g/mol. The van der Waals surface area contributed by atoms with Gasteiger partial charge in [-0.1, -0.05) is 18.2 Å². The molecule has 2 aliphatic rings. The lowest BCUT2D eigenvalue weighted by Gasteiger charge is -2.34. The quantitative estimate of drug-likeness (QED) is 0.890. The first kappa shape index (κ1) is 16.6. The Morgan fingerprint density at radius 2 is 1.85 bits per heavy atom. The second-order valence-corrected chi connectivity index (χ2v) is 6.95. The summed E-state index contributed by atoms with van der Waals surface area (Å²) in [6.07, 6.45) is 5.95. The van der Waals surface area contributed by atoms with E-state index in [0.29, 0.717) is 13.1 Å². The van der Waals surface area contributed by atoms with Crippen LogP contribution in [0.4, 0.5) is 0 Å². The van der Waals surface area contributed by atoms with E-state index < -0.39 is 11.6 Å². The van der Waals surface area contributed by atoms with Crippen molar-refractivity contribution in [1.29, 1.82) is 0 Å². The Morgan fingerprint density at radius 3 is 2.42 bits per heavy atom. The number of carbonyl (C=O) groups excluding carboxylic acids is 1. The predicted molar refractivity (Wildman–Crippen MR) is 93.1 cm³/mol. The number of carboxylic acids is 1. The van der Waals surface area contributed by atoms with Crippen molar-refractivity contribution in [3.05, 3.63) is 48.3 Å². The number of rotatable bonds is 5. The Morgan fingerprint density at radius 1 is 1.15 bits per heavy atom. The highest BCUT2D eigenvalue weighted by molar-refractivity contribution is 5.88. The summed E-state index contributed by atoms with van der Waals surface area (Å²) >= 11 is 0. The van der Waals surface area contributed by atoms with Gasteiger partial charge in [0.25, 0.3) is 5.91 Å². The van der Waals surface area contributed by atoms with Gasteiger partial charge in [-0.2, -0.15) is 5.10 Å². The Hall–Kier alpha value is -2.83. The van der Waals surface area contributed by atoms with Crippen LogP contribution in [0.3, 0.4) is 0 Å². The van der Waals surface area contributed by atoms with Gasteiger partial charge in [0, 0.05) is 32.1 Å². The number of aromatic nitrogens is 2. The first-order chi connectivity index (χ1) is 12.6. The van der Waals surface area contributed by atoms with Gasteiger partial charge in [0.1, 0.15) is 5.75 Å². The molecule has 0 unspecified atom stereocenters. The standard InChI is InChI=1S/C19H21N3O4/c23-17(24)14-12-20-22(13-14)15-6-10-21(11-7-15)18(25)19(8-9-19)26-16-4-2-1-3-5-16/h1-5,12-13,15H,6-11H2,(H,23,24). The Labute approximate surface area is 151 Å². The number of para-hydroxylation sites is 1. The molecule has 1 N–H and O–H groups in total. The van der Waals surface area contributed by atoms with Gasteiger partial charge in [-0.3, -0.25) is 9.48 Å². The molecule has 1 aromatic carbocycles. The van der Waals surface area contributed by atoms with Gasteiger partial charge >= 0.3 is 5.97 Å². The molecule has 2 aromatic rings. The van der Waals surface area contributed by atoms with Crippen LogP contribution in [0.1, 0.15) is 42.1 Å². The highest BCUT2D eigenvalue weighted by Crippen LogP contribution is 2.42. The molecule has 7 heteroatoms. The molecule has 7 nitrogen and oxygen atoms in total. The van der Waals surface area contributed by atoms with E-state index in [-0.39, 0.29) is 17.5 Å². The molecule has 1 aliphatic carbocycles. The Balaban J connectivity index is 1.37. The molecule has 26 heavy (non-hydrogen) atoms. The summed E-state index contributed by atoms with van der Waals surface area (Å²) in [5.74, 6) is -0.185. The minimum Gasteiger partial charge on any atom is -0.478 e. The van der Waals surface area contributed by atoms with Gasteiger partial charge in [0.15, 0.2) is 5.60 Å². The van der Waals surface area contributed by atoms with E-state index in [0.717, 1.165) is 31.4 Å². The van der Waals surface area contributed by atoms with E-state index in [1.165, 1.54) is 6.20 Å². The van der Waals surface area contributed by atoms with Crippen LogP contribution < -0.4 is 4.74 Å². The minimum atomic E-state index is -0.974. The van der Waals surface area contributed by atoms with E-state index in [4.69, 9.17) is 9.84 Å². The number of piperidine rings is 1. The second-order valence-electron chi connectivity index (χ2n) is 6.95. The lowest BCUT2D eigenvalue weighted by molar-refractivity contribution is -0.142. The topological polar surface area (TPSA) is 84.7 Å². The normalized spacial score (nSPS) is 19.2. The first-order valence-corrected chi connectivity index (χ1v) is 8.88. The van der Waals surface area contributed by atoms with Crippen molar-refractivity contribution in [2.75, 3.05) is 13.1 Å². The van der Waals surface area contributed by atoms with Crippen molar-refractivity contribution in [2.24, 2.45) is 0 Å². The molecule has 1 saturated heterocycles. The van der Waals surface area contributed by atoms with Crippen molar-refractivity contribution in [3.8, 4) is 5.75 Å². The fraction of sp³-hybridized carbons (Fsp3) is 0.421. The summed E-state index contributed by atoms with van der Waals surface area (Å²) in [6.45, 7) is 1.26. The molecule has 2 fully saturated rings. The Bertz CT molecular complexity index is 805. The van der Waals surface area contributed by atoms with Crippen LogP contribution in [-0.4, -0.2) is 50.4 Å². The summed E-state index contributed by atoms with van der Waals surface area (Å²) in [7, 11) is 0. The number of aromatic carboxylic acids is 1. The molecular weight excluding hydrogens is 334 g/mol. The number of likely N-dealkylation sites (tertiary alicyclic amines) is 1. The zero-order valence-electron chi connectivity index (χ0n) is 14.4. The van der Waals surface area contributed by atoms with Gasteiger partial charge in [-0.05, 0) is 25.0 Å². The SMILES string of the molecule is O=C(O)c1cnn(C2CCN(C(=O)C3(Oc4ccccc4)CC3)CC2)c1. The van der Waals surface area contributed by atoms with E-state index in [1.54, 1.807) is 10.9 Å². The lowest BCUT2D eigenvalue weighted by atomic mass is 10.0. The molecule has 0 atom stereocenters. The van der Waals surface area contributed by atoms with Crippen molar-refractivity contribution in [3.63, 3.8) is 0 Å². The van der Waals surface area contributed by atoms with Gasteiger partial charge in [0.2, 0.25) is 0 Å². The molecular formula is C19H21N3O4. The third-order valence-electron chi connectivity index (χ3n) is 5.12. The van der Waals surface area contributed by atoms with Gasteiger partial charge in [0.05, 0.1) is 17.8 Å². The number of hydrogen-bond donors (Lipinski definition) is 1. The van der Waals surface area contributed by atoms with Gasteiger partial charge in [-0.25, -0.2) is 4.79 Å². The van der Waals surface area contributed by atoms with E-state index in [1.807, 2.05) is 35.2 Å². The van der Waals surface area contributed by atoms with Crippen LogP contribution in [0.2, 0.25) is 0 Å². The highest BCUT2D eigenvalue weighted by Gasteiger charge is 2.55. The maximum Gasteiger partial charge on any atom is 0.338 e. The fourth-order valence-electron chi connectivity index (χ4n) is 3.46. The van der Waals surface area contributed by atoms with Crippen LogP contribution in [0.5, 0.6) is 5.75 Å². The summed E-state index contributed by atoms with van der Waals surface area (Å²) in [4.78, 5) is 25.8. The maximum atomic E-state index is 12.9. The predicted octanol–water partition coefficient (Wildman–Crippen LogP) is 2.36. The summed E-state index contributed by atoms with van der Waals surface area (Å²) in [6, 6.07) is 9.59. The van der Waals surface area contributed by atoms with Crippen molar-refractivity contribution in [1.82, 2.24) is 14.7 Å². The van der Waals surface area contributed by atoms with Gasteiger partial charge < -0.3 is 14.7 Å². The zero-order valence-corrected chi connectivity index (χ0v) is 14.4. The lowest BCUT2D eigenvalue weighted by Crippen LogP contribution is -2.47. The largest absolute Gasteiger partial charge is 0.478 e. The molecule has 1 aromatic heterocycles. The number of ether oxygens (including phenoxy) is 1. The maximum absolute atomic E-state index is 12.9. The molecule has 1 aliphatic heterocycles. The molecule has 1 saturated carbocycles. The minimum absolute atomic E-state index is 0.0616. The number of carbonyl (C=O) groups is 2. The molecule has 2 heterocycles. The number of carboxylic acid groups (broad SMARTS) is 1. The van der Waals surface area contributed by atoms with Crippen molar-refractivity contribution >= 4 is 11.9 Å². The molecule has 1 amide bonds. The highest BCUT2D eigenvalue weighted by atomic mass is 16.5. The summed E-state index contributed by atoms with van der Waals surface area (Å²) in [5.41, 5.74) is -0.507. The van der Waals surface area contributed by atoms with Crippen LogP contribution in [0.15, 0.2) is 42.7 Å². The fourth-order valence-corrected chi connectivity index (χ4v) is 3.46. The summed E-state index contributed by atoms with van der Waals surface area (Å²) < 4.78 is 7.70. The molecule has 136 valence electrons. The Kier molecular flexibility index (Phi) is 4.14. The average Bonchev–Trinajstić information content (AvgIpc) is 3.26. The van der Waals surface area contributed by atoms with E-state index >= 15 is 0 Å². The third-order valence-corrected chi connectivity index (χ3v) is 5.12. The smallest absolute Gasteiger partial charge is 0.338 e. The van der Waals surface area contributed by atoms with Crippen molar-refractivity contribution < 1.29 is 19.4 Å². The first-order valence-electron chi connectivity index (χ1n) is 8.88. The molecule has 0 bridgehead atoms.